The van der Waals surface area contributed by atoms with Crippen LogP contribution in [0.2, 0.25) is 10.0 Å². The Hall–Kier alpha value is -2.37. The average molecular weight is 392 g/mol. The van der Waals surface area contributed by atoms with Gasteiger partial charge in [-0.1, -0.05) is 29.3 Å². The van der Waals surface area contributed by atoms with Crippen LogP contribution in [0.25, 0.3) is 0 Å². The molecule has 0 fully saturated rings. The van der Waals surface area contributed by atoms with Crippen LogP contribution in [0.15, 0.2) is 36.4 Å². The lowest BCUT2D eigenvalue weighted by Gasteiger charge is -2.08. The van der Waals surface area contributed by atoms with Crippen molar-refractivity contribution in [1.82, 2.24) is 0 Å². The first-order valence-electron chi connectivity index (χ1n) is 7.93. The second-order valence-corrected chi connectivity index (χ2v) is 6.79. The van der Waals surface area contributed by atoms with Gasteiger partial charge in [0.05, 0.1) is 12.3 Å². The summed E-state index contributed by atoms with van der Waals surface area (Å²) < 4.78 is 5.05. The van der Waals surface area contributed by atoms with Gasteiger partial charge in [-0.3, -0.25) is 14.4 Å². The van der Waals surface area contributed by atoms with Crippen LogP contribution in [0.4, 0.5) is 5.69 Å². The smallest absolute Gasteiger partial charge is 0.310 e. The summed E-state index contributed by atoms with van der Waals surface area (Å²) in [6.07, 6.45) is -0.120. The highest BCUT2D eigenvalue weighted by Crippen LogP contribution is 2.32. The van der Waals surface area contributed by atoms with Crippen LogP contribution in [0, 0.1) is 0 Å². The summed E-state index contributed by atoms with van der Waals surface area (Å²) in [7, 11) is 0. The number of ether oxygens (including phenoxy) is 1. The number of hydrogen-bond acceptors (Lipinski definition) is 4. The largest absolute Gasteiger partial charge is 0.457 e. The third kappa shape index (κ3) is 3.74. The molecule has 3 rings (SSSR count). The molecule has 0 unspecified atom stereocenters. The number of carbonyl (C=O) groups is 3. The van der Waals surface area contributed by atoms with Gasteiger partial charge >= 0.3 is 5.97 Å². The second-order valence-electron chi connectivity index (χ2n) is 5.97. The Morgan fingerprint density at radius 1 is 1.15 bits per heavy atom. The minimum absolute atomic E-state index is 0.104. The highest BCUT2D eigenvalue weighted by molar-refractivity contribution is 6.36. The number of rotatable bonds is 5. The number of ketones is 1. The number of Topliss-reactive ketones (excluding diaryl/α,β-unsaturated/α-hetero) is 1. The lowest BCUT2D eigenvalue weighted by Crippen LogP contribution is -2.16. The van der Waals surface area contributed by atoms with Gasteiger partial charge in [-0.05, 0) is 42.8 Å². The molecule has 0 saturated heterocycles. The van der Waals surface area contributed by atoms with Crippen LogP contribution in [0.5, 0.6) is 0 Å². The van der Waals surface area contributed by atoms with Crippen molar-refractivity contribution in [2.45, 2.75) is 19.3 Å². The molecule has 1 heterocycles. The molecular formula is C19H15Cl2NO4. The second kappa shape index (κ2) is 7.48. The van der Waals surface area contributed by atoms with Crippen LogP contribution >= 0.6 is 23.2 Å². The molecule has 0 spiro atoms. The van der Waals surface area contributed by atoms with Crippen LogP contribution in [0.3, 0.4) is 0 Å². The van der Waals surface area contributed by atoms with Gasteiger partial charge in [0.15, 0.2) is 12.4 Å². The molecule has 0 radical (unpaired) electrons. The minimum atomic E-state index is -0.597. The van der Waals surface area contributed by atoms with E-state index in [1.165, 1.54) is 0 Å². The Kier molecular flexibility index (Phi) is 5.30. The number of halogens is 2. The summed E-state index contributed by atoms with van der Waals surface area (Å²) in [5.74, 6) is -1.37. The van der Waals surface area contributed by atoms with Crippen molar-refractivity contribution >= 4 is 46.5 Å². The van der Waals surface area contributed by atoms with Crippen molar-refractivity contribution in [1.29, 1.82) is 0 Å². The van der Waals surface area contributed by atoms with Crippen molar-refractivity contribution in [3.05, 3.63) is 63.1 Å². The Morgan fingerprint density at radius 2 is 1.85 bits per heavy atom. The molecule has 1 aliphatic heterocycles. The van der Waals surface area contributed by atoms with E-state index in [0.29, 0.717) is 26.9 Å². The highest BCUT2D eigenvalue weighted by Gasteiger charge is 2.27. The van der Waals surface area contributed by atoms with Gasteiger partial charge in [0, 0.05) is 26.9 Å². The molecule has 2 aromatic carbocycles. The Labute approximate surface area is 160 Å². The quantitative estimate of drug-likeness (QED) is 0.616. The number of esters is 1. The third-order valence-electron chi connectivity index (χ3n) is 4.24. The summed E-state index contributed by atoms with van der Waals surface area (Å²) in [6.45, 7) is 1.37. The Morgan fingerprint density at radius 3 is 2.54 bits per heavy atom. The summed E-state index contributed by atoms with van der Waals surface area (Å²) in [6, 6.07) is 9.86. The number of hydrogen-bond donors (Lipinski definition) is 1. The predicted octanol–water partition coefficient (Wildman–Crippen LogP) is 4.02. The maximum Gasteiger partial charge on any atom is 0.310 e. The Balaban J connectivity index is 1.63. The SMILES string of the molecule is C[C@H]1C(=O)Nc2ccc(C(=O)COC(=O)Cc3c(Cl)cccc3Cl)cc21. The number of benzene rings is 2. The van der Waals surface area contributed by atoms with E-state index in [-0.39, 0.29) is 24.0 Å². The predicted molar refractivity (Wildman–Crippen MR) is 98.9 cm³/mol. The lowest BCUT2D eigenvalue weighted by atomic mass is 9.99. The monoisotopic (exact) mass is 391 g/mol. The van der Waals surface area contributed by atoms with E-state index in [9.17, 15) is 14.4 Å². The number of amides is 1. The fraction of sp³-hybridized carbons (Fsp3) is 0.211. The summed E-state index contributed by atoms with van der Waals surface area (Å²) in [5, 5.41) is 3.47. The number of fused-ring (bicyclic) bond motifs is 1. The van der Waals surface area contributed by atoms with Crippen molar-refractivity contribution in [3.63, 3.8) is 0 Å². The van der Waals surface area contributed by atoms with Crippen LogP contribution < -0.4 is 5.32 Å². The molecule has 1 N–H and O–H groups in total. The van der Waals surface area contributed by atoms with E-state index in [4.69, 9.17) is 27.9 Å². The average Bonchev–Trinajstić information content (AvgIpc) is 2.90. The molecular weight excluding hydrogens is 377 g/mol. The molecule has 0 saturated carbocycles. The highest BCUT2D eigenvalue weighted by atomic mass is 35.5. The summed E-state index contributed by atoms with van der Waals surface area (Å²) in [4.78, 5) is 35.9. The van der Waals surface area contributed by atoms with Gasteiger partial charge in [0.1, 0.15) is 0 Å². The van der Waals surface area contributed by atoms with Crippen molar-refractivity contribution < 1.29 is 19.1 Å². The first-order valence-corrected chi connectivity index (χ1v) is 8.69. The van der Waals surface area contributed by atoms with Crippen LogP contribution in [0.1, 0.15) is 34.3 Å². The maximum atomic E-state index is 12.3. The van der Waals surface area contributed by atoms with E-state index < -0.39 is 12.6 Å². The number of nitrogens with one attached hydrogen (secondary N) is 1. The van der Waals surface area contributed by atoms with Gasteiger partial charge in [-0.2, -0.15) is 0 Å². The topological polar surface area (TPSA) is 72.5 Å². The summed E-state index contributed by atoms with van der Waals surface area (Å²) in [5.41, 5.74) is 2.30. The standard InChI is InChI=1S/C19H15Cl2NO4/c1-10-12-7-11(5-6-16(12)22-19(10)25)17(23)9-26-18(24)8-13-14(20)3-2-4-15(13)21/h2-7,10H,8-9H2,1H3,(H,22,25)/t10-/m1/s1. The third-order valence-corrected chi connectivity index (χ3v) is 4.95. The molecule has 5 nitrogen and oxygen atoms in total. The molecule has 1 atom stereocenters. The van der Waals surface area contributed by atoms with Gasteiger partial charge in [-0.25, -0.2) is 0 Å². The maximum absolute atomic E-state index is 12.3. The van der Waals surface area contributed by atoms with Crippen LogP contribution in [-0.2, 0) is 20.7 Å². The van der Waals surface area contributed by atoms with E-state index in [1.54, 1.807) is 43.3 Å². The molecule has 0 bridgehead atoms. The van der Waals surface area contributed by atoms with Crippen molar-refractivity contribution in [2.24, 2.45) is 0 Å². The molecule has 26 heavy (non-hydrogen) atoms. The van der Waals surface area contributed by atoms with Gasteiger partial charge in [0.2, 0.25) is 5.91 Å². The summed E-state index contributed by atoms with van der Waals surface area (Å²) >= 11 is 12.0. The zero-order valence-corrected chi connectivity index (χ0v) is 15.4. The number of anilines is 1. The molecule has 134 valence electrons. The van der Waals surface area contributed by atoms with Crippen LogP contribution in [-0.4, -0.2) is 24.3 Å². The molecule has 1 aliphatic rings. The molecule has 0 aliphatic carbocycles. The normalized spacial score (nSPS) is 15.3. The van der Waals surface area contributed by atoms with E-state index in [1.807, 2.05) is 0 Å². The first kappa shape index (κ1) is 18.4. The zero-order valence-electron chi connectivity index (χ0n) is 13.8. The zero-order chi connectivity index (χ0) is 18.8. The molecule has 0 aromatic heterocycles. The molecule has 7 heteroatoms. The first-order chi connectivity index (χ1) is 12.4. The van der Waals surface area contributed by atoms with Crippen molar-refractivity contribution in [3.8, 4) is 0 Å². The van der Waals surface area contributed by atoms with Gasteiger partial charge < -0.3 is 10.1 Å². The lowest BCUT2D eigenvalue weighted by molar-refractivity contribution is -0.141. The van der Waals surface area contributed by atoms with E-state index >= 15 is 0 Å². The molecule has 1 amide bonds. The Bertz CT molecular complexity index is 890. The van der Waals surface area contributed by atoms with Crippen molar-refractivity contribution in [2.75, 3.05) is 11.9 Å². The minimum Gasteiger partial charge on any atom is -0.457 e. The van der Waals surface area contributed by atoms with E-state index in [2.05, 4.69) is 5.32 Å². The fourth-order valence-corrected chi connectivity index (χ4v) is 3.25. The molecule has 2 aromatic rings. The van der Waals surface area contributed by atoms with Gasteiger partial charge in [0.25, 0.3) is 0 Å². The number of carbonyl (C=O) groups excluding carboxylic acids is 3. The van der Waals surface area contributed by atoms with E-state index in [0.717, 1.165) is 5.56 Å². The van der Waals surface area contributed by atoms with Gasteiger partial charge in [-0.15, -0.1) is 0 Å². The fourth-order valence-electron chi connectivity index (χ4n) is 2.72.